The SMILES string of the molecule is CCCCn1nc2c(c1-c1ccc(Cl)cc1)CCNCC2. The van der Waals surface area contributed by atoms with E-state index < -0.39 is 0 Å². The van der Waals surface area contributed by atoms with Gasteiger partial charge in [-0.25, -0.2) is 0 Å². The molecule has 3 rings (SSSR count). The van der Waals surface area contributed by atoms with Crippen LogP contribution in [0, 0.1) is 0 Å². The third-order valence-electron chi connectivity index (χ3n) is 4.07. The van der Waals surface area contributed by atoms with E-state index in [9.17, 15) is 0 Å². The van der Waals surface area contributed by atoms with Crippen molar-refractivity contribution < 1.29 is 0 Å². The number of nitrogens with one attached hydrogen (secondary N) is 1. The molecule has 0 saturated heterocycles. The molecule has 3 nitrogen and oxygen atoms in total. The fourth-order valence-corrected chi connectivity index (χ4v) is 3.08. The van der Waals surface area contributed by atoms with Crippen LogP contribution in [0.15, 0.2) is 24.3 Å². The lowest BCUT2D eigenvalue weighted by molar-refractivity contribution is 0.566. The summed E-state index contributed by atoms with van der Waals surface area (Å²) in [4.78, 5) is 0. The molecule has 0 atom stereocenters. The minimum Gasteiger partial charge on any atom is -0.316 e. The van der Waals surface area contributed by atoms with Gasteiger partial charge in [0.25, 0.3) is 0 Å². The summed E-state index contributed by atoms with van der Waals surface area (Å²) in [5.74, 6) is 0. The Hall–Kier alpha value is -1.32. The van der Waals surface area contributed by atoms with Gasteiger partial charge in [0.1, 0.15) is 0 Å². The third-order valence-corrected chi connectivity index (χ3v) is 4.32. The molecular weight excluding hydrogens is 282 g/mol. The zero-order valence-electron chi connectivity index (χ0n) is 12.5. The highest BCUT2D eigenvalue weighted by atomic mass is 35.5. The monoisotopic (exact) mass is 303 g/mol. The molecule has 0 bridgehead atoms. The Morgan fingerprint density at radius 2 is 1.95 bits per heavy atom. The average Bonchev–Trinajstić information content (AvgIpc) is 2.67. The maximum Gasteiger partial charge on any atom is 0.0717 e. The van der Waals surface area contributed by atoms with Gasteiger partial charge in [-0.2, -0.15) is 5.10 Å². The van der Waals surface area contributed by atoms with Crippen molar-refractivity contribution in [2.75, 3.05) is 13.1 Å². The van der Waals surface area contributed by atoms with Crippen molar-refractivity contribution in [1.29, 1.82) is 0 Å². The predicted molar refractivity (Wildman–Crippen MR) is 87.9 cm³/mol. The molecule has 1 N–H and O–H groups in total. The largest absolute Gasteiger partial charge is 0.316 e. The summed E-state index contributed by atoms with van der Waals surface area (Å²) in [6.07, 6.45) is 4.43. The Bertz CT molecular complexity index is 601. The maximum atomic E-state index is 6.03. The molecule has 0 radical (unpaired) electrons. The first-order chi connectivity index (χ1) is 10.3. The van der Waals surface area contributed by atoms with Gasteiger partial charge in [-0.05, 0) is 31.5 Å². The quantitative estimate of drug-likeness (QED) is 0.933. The fraction of sp³-hybridized carbons (Fsp3) is 0.471. The minimum atomic E-state index is 0.783. The van der Waals surface area contributed by atoms with E-state index in [1.54, 1.807) is 0 Å². The van der Waals surface area contributed by atoms with Gasteiger partial charge in [-0.1, -0.05) is 37.1 Å². The molecular formula is C17H22ClN3. The van der Waals surface area contributed by atoms with Crippen LogP contribution < -0.4 is 5.32 Å². The summed E-state index contributed by atoms with van der Waals surface area (Å²) in [7, 11) is 0. The zero-order chi connectivity index (χ0) is 14.7. The van der Waals surface area contributed by atoms with E-state index in [4.69, 9.17) is 16.7 Å². The molecule has 1 aliphatic rings. The smallest absolute Gasteiger partial charge is 0.0717 e. The first-order valence-corrected chi connectivity index (χ1v) is 8.22. The van der Waals surface area contributed by atoms with Crippen molar-refractivity contribution in [3.63, 3.8) is 0 Å². The highest BCUT2D eigenvalue weighted by molar-refractivity contribution is 6.30. The van der Waals surface area contributed by atoms with Gasteiger partial charge < -0.3 is 5.32 Å². The number of aromatic nitrogens is 2. The number of rotatable bonds is 4. The predicted octanol–water partition coefficient (Wildman–Crippen LogP) is 3.69. The van der Waals surface area contributed by atoms with Crippen LogP contribution in [0.3, 0.4) is 0 Å². The lowest BCUT2D eigenvalue weighted by atomic mass is 10.0. The lowest BCUT2D eigenvalue weighted by Crippen LogP contribution is -2.17. The van der Waals surface area contributed by atoms with Crippen molar-refractivity contribution in [2.45, 2.75) is 39.2 Å². The molecule has 21 heavy (non-hydrogen) atoms. The molecule has 1 aromatic heterocycles. The van der Waals surface area contributed by atoms with Crippen LogP contribution in [0.2, 0.25) is 5.02 Å². The minimum absolute atomic E-state index is 0.783. The van der Waals surface area contributed by atoms with Crippen LogP contribution >= 0.6 is 11.6 Å². The van der Waals surface area contributed by atoms with Crippen LogP contribution in [0.25, 0.3) is 11.3 Å². The molecule has 2 heterocycles. The van der Waals surface area contributed by atoms with E-state index in [0.717, 1.165) is 37.5 Å². The van der Waals surface area contributed by atoms with Gasteiger partial charge >= 0.3 is 0 Å². The molecule has 0 aliphatic carbocycles. The van der Waals surface area contributed by atoms with Crippen LogP contribution in [-0.4, -0.2) is 22.9 Å². The topological polar surface area (TPSA) is 29.9 Å². The Morgan fingerprint density at radius 1 is 1.19 bits per heavy atom. The van der Waals surface area contributed by atoms with Crippen LogP contribution in [-0.2, 0) is 19.4 Å². The summed E-state index contributed by atoms with van der Waals surface area (Å²) in [6.45, 7) is 5.28. The number of hydrogen-bond acceptors (Lipinski definition) is 2. The van der Waals surface area contributed by atoms with Crippen LogP contribution in [0.4, 0.5) is 0 Å². The number of nitrogens with zero attached hydrogens (tertiary/aromatic N) is 2. The van der Waals surface area contributed by atoms with E-state index in [0.29, 0.717) is 0 Å². The molecule has 1 aromatic carbocycles. The van der Waals surface area contributed by atoms with Crippen molar-refractivity contribution >= 4 is 11.6 Å². The third kappa shape index (κ3) is 3.14. The summed E-state index contributed by atoms with van der Waals surface area (Å²) < 4.78 is 2.21. The fourth-order valence-electron chi connectivity index (χ4n) is 2.96. The van der Waals surface area contributed by atoms with Crippen LogP contribution in [0.1, 0.15) is 31.0 Å². The lowest BCUT2D eigenvalue weighted by Gasteiger charge is -2.10. The Balaban J connectivity index is 2.06. The first kappa shape index (κ1) is 14.6. The standard InChI is InChI=1S/C17H22ClN3/c1-2-3-12-21-17(13-4-6-14(18)7-5-13)15-8-10-19-11-9-16(15)20-21/h4-7,19H,2-3,8-12H2,1H3. The molecule has 0 saturated carbocycles. The highest BCUT2D eigenvalue weighted by Gasteiger charge is 2.20. The molecule has 0 unspecified atom stereocenters. The van der Waals surface area contributed by atoms with Gasteiger partial charge in [0.15, 0.2) is 0 Å². The van der Waals surface area contributed by atoms with Gasteiger partial charge in [-0.15, -0.1) is 0 Å². The molecule has 0 amide bonds. The van der Waals surface area contributed by atoms with E-state index in [1.807, 2.05) is 12.1 Å². The zero-order valence-corrected chi connectivity index (χ0v) is 13.3. The molecule has 0 spiro atoms. The van der Waals surface area contributed by atoms with Gasteiger partial charge in [0.05, 0.1) is 11.4 Å². The van der Waals surface area contributed by atoms with E-state index >= 15 is 0 Å². The number of halogens is 1. The number of benzene rings is 1. The van der Waals surface area contributed by atoms with Crippen molar-refractivity contribution in [3.8, 4) is 11.3 Å². The average molecular weight is 304 g/mol. The normalized spacial score (nSPS) is 14.8. The summed E-state index contributed by atoms with van der Waals surface area (Å²) in [6, 6.07) is 8.16. The Kier molecular flexibility index (Phi) is 4.61. The highest BCUT2D eigenvalue weighted by Crippen LogP contribution is 2.29. The Morgan fingerprint density at radius 3 is 2.71 bits per heavy atom. The van der Waals surface area contributed by atoms with Crippen molar-refractivity contribution in [3.05, 3.63) is 40.5 Å². The molecule has 4 heteroatoms. The summed E-state index contributed by atoms with van der Waals surface area (Å²) in [5, 5.41) is 9.13. The van der Waals surface area contributed by atoms with Crippen molar-refractivity contribution in [2.24, 2.45) is 0 Å². The van der Waals surface area contributed by atoms with Gasteiger partial charge in [-0.3, -0.25) is 4.68 Å². The molecule has 1 aliphatic heterocycles. The number of fused-ring (bicyclic) bond motifs is 1. The van der Waals surface area contributed by atoms with E-state index in [2.05, 4.69) is 29.1 Å². The van der Waals surface area contributed by atoms with E-state index in [-0.39, 0.29) is 0 Å². The second-order valence-electron chi connectivity index (χ2n) is 5.61. The second-order valence-corrected chi connectivity index (χ2v) is 6.04. The first-order valence-electron chi connectivity index (χ1n) is 7.85. The summed E-state index contributed by atoms with van der Waals surface area (Å²) >= 11 is 6.03. The molecule has 0 fully saturated rings. The van der Waals surface area contributed by atoms with Gasteiger partial charge in [0.2, 0.25) is 0 Å². The van der Waals surface area contributed by atoms with Gasteiger partial charge in [0, 0.05) is 35.7 Å². The maximum absolute atomic E-state index is 6.03. The van der Waals surface area contributed by atoms with Crippen molar-refractivity contribution in [1.82, 2.24) is 15.1 Å². The summed E-state index contributed by atoms with van der Waals surface area (Å²) in [5.41, 5.74) is 5.20. The second kappa shape index (κ2) is 6.63. The number of aryl methyl sites for hydroxylation is 1. The Labute approximate surface area is 131 Å². The number of unbranched alkanes of at least 4 members (excludes halogenated alkanes) is 1. The van der Waals surface area contributed by atoms with Crippen LogP contribution in [0.5, 0.6) is 0 Å². The number of hydrogen-bond donors (Lipinski definition) is 1. The van der Waals surface area contributed by atoms with E-state index in [1.165, 1.54) is 35.4 Å². The molecule has 2 aromatic rings. The molecule has 112 valence electrons.